The SMILES string of the molecule is CCC1CCN(CC#CC(C)C)CC1. The number of piperidine rings is 1. The highest BCUT2D eigenvalue weighted by Crippen LogP contribution is 2.19. The Morgan fingerprint density at radius 2 is 1.93 bits per heavy atom. The Hall–Kier alpha value is -0.480. The normalized spacial score (nSPS) is 19.4. The zero-order chi connectivity index (χ0) is 10.4. The second kappa shape index (κ2) is 6.09. The van der Waals surface area contributed by atoms with Gasteiger partial charge in [-0.15, -0.1) is 0 Å². The van der Waals surface area contributed by atoms with Crippen LogP contribution >= 0.6 is 0 Å². The monoisotopic (exact) mass is 193 g/mol. The zero-order valence-corrected chi connectivity index (χ0v) is 9.84. The van der Waals surface area contributed by atoms with Gasteiger partial charge in [-0.1, -0.05) is 39.0 Å². The molecule has 0 spiro atoms. The van der Waals surface area contributed by atoms with Crippen LogP contribution in [0.4, 0.5) is 0 Å². The van der Waals surface area contributed by atoms with Gasteiger partial charge in [-0.25, -0.2) is 0 Å². The minimum absolute atomic E-state index is 0.517. The Kier molecular flexibility index (Phi) is 5.04. The predicted octanol–water partition coefficient (Wildman–Crippen LogP) is 2.77. The fraction of sp³-hybridized carbons (Fsp3) is 0.846. The molecule has 0 N–H and O–H groups in total. The van der Waals surface area contributed by atoms with Gasteiger partial charge in [-0.05, 0) is 31.8 Å². The van der Waals surface area contributed by atoms with E-state index in [0.717, 1.165) is 12.5 Å². The van der Waals surface area contributed by atoms with Gasteiger partial charge in [0.25, 0.3) is 0 Å². The quantitative estimate of drug-likeness (QED) is 0.610. The Morgan fingerprint density at radius 3 is 2.43 bits per heavy atom. The topological polar surface area (TPSA) is 3.24 Å². The molecule has 1 heterocycles. The van der Waals surface area contributed by atoms with E-state index in [9.17, 15) is 0 Å². The van der Waals surface area contributed by atoms with E-state index in [1.807, 2.05) is 0 Å². The summed E-state index contributed by atoms with van der Waals surface area (Å²) < 4.78 is 0. The van der Waals surface area contributed by atoms with Gasteiger partial charge in [0.2, 0.25) is 0 Å². The molecule has 0 aliphatic carbocycles. The third-order valence-corrected chi connectivity index (χ3v) is 2.98. The molecule has 0 unspecified atom stereocenters. The molecule has 0 aromatic heterocycles. The van der Waals surface area contributed by atoms with Gasteiger partial charge in [0.05, 0.1) is 6.54 Å². The fourth-order valence-corrected chi connectivity index (χ4v) is 1.91. The van der Waals surface area contributed by atoms with Crippen molar-refractivity contribution in [2.45, 2.75) is 40.0 Å². The molecule has 0 amide bonds. The average molecular weight is 193 g/mol. The lowest BCUT2D eigenvalue weighted by atomic mass is 9.94. The fourth-order valence-electron chi connectivity index (χ4n) is 1.91. The van der Waals surface area contributed by atoms with Gasteiger partial charge in [-0.2, -0.15) is 0 Å². The van der Waals surface area contributed by atoms with Gasteiger partial charge >= 0.3 is 0 Å². The van der Waals surface area contributed by atoms with Crippen molar-refractivity contribution in [3.8, 4) is 11.8 Å². The summed E-state index contributed by atoms with van der Waals surface area (Å²) in [5, 5.41) is 0. The maximum atomic E-state index is 3.26. The van der Waals surface area contributed by atoms with Gasteiger partial charge < -0.3 is 0 Å². The number of hydrogen-bond acceptors (Lipinski definition) is 1. The van der Waals surface area contributed by atoms with Crippen molar-refractivity contribution in [3.05, 3.63) is 0 Å². The van der Waals surface area contributed by atoms with Crippen LogP contribution in [0.15, 0.2) is 0 Å². The minimum atomic E-state index is 0.517. The Morgan fingerprint density at radius 1 is 1.29 bits per heavy atom. The van der Waals surface area contributed by atoms with Crippen LogP contribution in [0, 0.1) is 23.7 Å². The van der Waals surface area contributed by atoms with Crippen LogP contribution < -0.4 is 0 Å². The van der Waals surface area contributed by atoms with E-state index >= 15 is 0 Å². The summed E-state index contributed by atoms with van der Waals surface area (Å²) in [6, 6.07) is 0. The van der Waals surface area contributed by atoms with Crippen molar-refractivity contribution in [2.24, 2.45) is 11.8 Å². The molecule has 0 radical (unpaired) electrons. The van der Waals surface area contributed by atoms with Crippen LogP contribution in [0.5, 0.6) is 0 Å². The van der Waals surface area contributed by atoms with Gasteiger partial charge in [0, 0.05) is 5.92 Å². The Bertz CT molecular complexity index is 201. The van der Waals surface area contributed by atoms with Crippen molar-refractivity contribution in [3.63, 3.8) is 0 Å². The van der Waals surface area contributed by atoms with E-state index in [0.29, 0.717) is 5.92 Å². The standard InChI is InChI=1S/C13H23N/c1-4-13-7-10-14(11-8-13)9-5-6-12(2)3/h12-13H,4,7-11H2,1-3H3. The molecule has 0 aromatic carbocycles. The van der Waals surface area contributed by atoms with Gasteiger partial charge in [0.15, 0.2) is 0 Å². The molecule has 1 heteroatoms. The predicted molar refractivity (Wildman–Crippen MR) is 62.1 cm³/mol. The van der Waals surface area contributed by atoms with Crippen LogP contribution in [0.25, 0.3) is 0 Å². The second-order valence-corrected chi connectivity index (χ2v) is 4.60. The van der Waals surface area contributed by atoms with Gasteiger partial charge in [0.1, 0.15) is 0 Å². The lowest BCUT2D eigenvalue weighted by molar-refractivity contribution is 0.200. The molecule has 1 aliphatic heterocycles. The summed E-state index contributed by atoms with van der Waals surface area (Å²) >= 11 is 0. The van der Waals surface area contributed by atoms with E-state index < -0.39 is 0 Å². The molecule has 0 atom stereocenters. The van der Waals surface area contributed by atoms with E-state index in [2.05, 4.69) is 37.5 Å². The molecule has 0 bridgehead atoms. The highest BCUT2D eigenvalue weighted by molar-refractivity contribution is 5.03. The van der Waals surface area contributed by atoms with Crippen LogP contribution in [0.3, 0.4) is 0 Å². The van der Waals surface area contributed by atoms with Gasteiger partial charge in [-0.3, -0.25) is 4.90 Å². The first-order valence-electron chi connectivity index (χ1n) is 5.93. The summed E-state index contributed by atoms with van der Waals surface area (Å²) in [4.78, 5) is 2.49. The van der Waals surface area contributed by atoms with Crippen LogP contribution in [0.2, 0.25) is 0 Å². The maximum Gasteiger partial charge on any atom is 0.0601 e. The van der Waals surface area contributed by atoms with Crippen molar-refractivity contribution >= 4 is 0 Å². The average Bonchev–Trinajstić information content (AvgIpc) is 2.18. The first kappa shape index (κ1) is 11.6. The van der Waals surface area contributed by atoms with E-state index in [4.69, 9.17) is 0 Å². The molecular formula is C13H23N. The van der Waals surface area contributed by atoms with E-state index in [1.54, 1.807) is 0 Å². The molecule has 1 saturated heterocycles. The molecule has 80 valence electrons. The third-order valence-electron chi connectivity index (χ3n) is 2.98. The number of hydrogen-bond donors (Lipinski definition) is 0. The molecule has 14 heavy (non-hydrogen) atoms. The summed E-state index contributed by atoms with van der Waals surface area (Å²) in [5.74, 6) is 7.98. The smallest absolute Gasteiger partial charge is 0.0601 e. The molecular weight excluding hydrogens is 170 g/mol. The highest BCUT2D eigenvalue weighted by Gasteiger charge is 2.16. The Balaban J connectivity index is 2.20. The molecule has 0 saturated carbocycles. The third kappa shape index (κ3) is 4.15. The highest BCUT2D eigenvalue weighted by atomic mass is 15.1. The Labute approximate surface area is 88.9 Å². The van der Waals surface area contributed by atoms with Crippen LogP contribution in [-0.2, 0) is 0 Å². The largest absolute Gasteiger partial charge is 0.292 e. The summed E-state index contributed by atoms with van der Waals surface area (Å²) in [6.07, 6.45) is 4.10. The van der Waals surface area contributed by atoms with Crippen molar-refractivity contribution in [1.29, 1.82) is 0 Å². The number of likely N-dealkylation sites (tertiary alicyclic amines) is 1. The van der Waals surface area contributed by atoms with E-state index in [1.165, 1.54) is 32.4 Å². The summed E-state index contributed by atoms with van der Waals surface area (Å²) in [7, 11) is 0. The molecule has 0 aromatic rings. The summed E-state index contributed by atoms with van der Waals surface area (Å²) in [6.45, 7) is 10.1. The zero-order valence-electron chi connectivity index (χ0n) is 9.84. The number of rotatable bonds is 2. The van der Waals surface area contributed by atoms with Crippen molar-refractivity contribution in [2.75, 3.05) is 19.6 Å². The van der Waals surface area contributed by atoms with Crippen molar-refractivity contribution < 1.29 is 0 Å². The van der Waals surface area contributed by atoms with E-state index in [-0.39, 0.29) is 0 Å². The van der Waals surface area contributed by atoms with Crippen LogP contribution in [-0.4, -0.2) is 24.5 Å². The lowest BCUT2D eigenvalue weighted by Gasteiger charge is -2.29. The maximum absolute atomic E-state index is 3.26. The van der Waals surface area contributed by atoms with Crippen molar-refractivity contribution in [1.82, 2.24) is 4.90 Å². The molecule has 1 rings (SSSR count). The first-order chi connectivity index (χ1) is 6.72. The molecule has 1 aliphatic rings. The minimum Gasteiger partial charge on any atom is -0.292 e. The van der Waals surface area contributed by atoms with Crippen LogP contribution in [0.1, 0.15) is 40.0 Å². The summed E-state index contributed by atoms with van der Waals surface area (Å²) in [5.41, 5.74) is 0. The lowest BCUT2D eigenvalue weighted by Crippen LogP contribution is -2.33. The number of nitrogens with zero attached hydrogens (tertiary/aromatic N) is 1. The molecule has 1 nitrogen and oxygen atoms in total. The first-order valence-corrected chi connectivity index (χ1v) is 5.93. The molecule has 1 fully saturated rings. The second-order valence-electron chi connectivity index (χ2n) is 4.60.